The highest BCUT2D eigenvalue weighted by Crippen LogP contribution is 2.10. The number of piperazine rings is 1. The number of hydrogen-bond donors (Lipinski definition) is 0. The first kappa shape index (κ1) is 10.1. The lowest BCUT2D eigenvalue weighted by atomic mass is 10.3. The lowest BCUT2D eigenvalue weighted by molar-refractivity contribution is -0.119. The van der Waals surface area contributed by atoms with Crippen LogP contribution in [0.15, 0.2) is 11.6 Å². The number of amides is 2. The van der Waals surface area contributed by atoms with Gasteiger partial charge in [-0.2, -0.15) is 0 Å². The fourth-order valence-electron chi connectivity index (χ4n) is 1.49. The van der Waals surface area contributed by atoms with E-state index in [0.717, 1.165) is 6.41 Å². The predicted octanol–water partition coefficient (Wildman–Crippen LogP) is 0.0573. The molecule has 0 aromatic carbocycles. The molecule has 0 aliphatic carbocycles. The average Bonchev–Trinajstić information content (AvgIpc) is 2.82. The van der Waals surface area contributed by atoms with E-state index in [1.54, 1.807) is 21.4 Å². The van der Waals surface area contributed by atoms with E-state index in [1.165, 1.54) is 11.3 Å². The minimum atomic E-state index is -0.0319. The fourth-order valence-corrected chi connectivity index (χ4v) is 2.10. The molecule has 15 heavy (non-hydrogen) atoms. The molecule has 0 spiro atoms. The van der Waals surface area contributed by atoms with E-state index in [-0.39, 0.29) is 5.91 Å². The van der Waals surface area contributed by atoms with Gasteiger partial charge in [0.25, 0.3) is 5.91 Å². The van der Waals surface area contributed by atoms with Crippen molar-refractivity contribution >= 4 is 23.7 Å². The molecule has 1 aliphatic heterocycles. The smallest absolute Gasteiger partial charge is 0.282 e. The monoisotopic (exact) mass is 225 g/mol. The zero-order valence-corrected chi connectivity index (χ0v) is 8.94. The topological polar surface area (TPSA) is 53.5 Å². The normalized spacial score (nSPS) is 16.5. The van der Waals surface area contributed by atoms with E-state index in [0.29, 0.717) is 31.2 Å². The van der Waals surface area contributed by atoms with Crippen LogP contribution in [0.25, 0.3) is 0 Å². The zero-order valence-electron chi connectivity index (χ0n) is 8.13. The molecule has 2 amide bonds. The third-order valence-corrected chi connectivity index (χ3v) is 3.13. The molecule has 0 saturated carbocycles. The summed E-state index contributed by atoms with van der Waals surface area (Å²) >= 11 is 1.35. The van der Waals surface area contributed by atoms with Crippen molar-refractivity contribution in [2.75, 3.05) is 26.2 Å². The van der Waals surface area contributed by atoms with Crippen molar-refractivity contribution in [3.63, 3.8) is 0 Å². The molecule has 0 unspecified atom stereocenters. The number of carbonyl (C=O) groups excluding carboxylic acids is 2. The number of carbonyl (C=O) groups is 2. The van der Waals surface area contributed by atoms with Crippen LogP contribution < -0.4 is 0 Å². The largest absolute Gasteiger partial charge is 0.342 e. The van der Waals surface area contributed by atoms with Crippen LogP contribution in [-0.2, 0) is 4.79 Å². The number of thiazole rings is 1. The van der Waals surface area contributed by atoms with Crippen LogP contribution in [-0.4, -0.2) is 53.3 Å². The molecule has 0 radical (unpaired) electrons. The van der Waals surface area contributed by atoms with Gasteiger partial charge in [-0.05, 0) is 0 Å². The Labute approximate surface area is 91.3 Å². The second-order valence-corrected chi connectivity index (χ2v) is 4.17. The second-order valence-electron chi connectivity index (χ2n) is 3.27. The Hall–Kier alpha value is -1.43. The molecule has 0 atom stereocenters. The van der Waals surface area contributed by atoms with Crippen molar-refractivity contribution < 1.29 is 9.59 Å². The molecule has 1 aromatic rings. The van der Waals surface area contributed by atoms with Gasteiger partial charge in [0.05, 0.1) is 0 Å². The molecule has 2 rings (SSSR count). The molecule has 2 heterocycles. The zero-order chi connectivity index (χ0) is 10.7. The first-order valence-electron chi connectivity index (χ1n) is 4.69. The van der Waals surface area contributed by atoms with Gasteiger partial charge in [-0.1, -0.05) is 0 Å². The van der Waals surface area contributed by atoms with Gasteiger partial charge in [-0.3, -0.25) is 9.59 Å². The molecular weight excluding hydrogens is 214 g/mol. The first-order chi connectivity index (χ1) is 7.31. The maximum atomic E-state index is 11.8. The Kier molecular flexibility index (Phi) is 2.96. The van der Waals surface area contributed by atoms with Crippen LogP contribution in [0.5, 0.6) is 0 Å². The molecule has 0 bridgehead atoms. The summed E-state index contributed by atoms with van der Waals surface area (Å²) in [6, 6.07) is 0. The summed E-state index contributed by atoms with van der Waals surface area (Å²) < 4.78 is 0. The minimum absolute atomic E-state index is 0.0319. The first-order valence-corrected chi connectivity index (χ1v) is 5.57. The SMILES string of the molecule is O=CN1CCN(C(=O)c2nccs2)CC1. The van der Waals surface area contributed by atoms with Gasteiger partial charge in [-0.15, -0.1) is 11.3 Å². The highest BCUT2D eigenvalue weighted by Gasteiger charge is 2.22. The third-order valence-electron chi connectivity index (χ3n) is 2.37. The molecule has 1 aliphatic rings. The Bertz CT molecular complexity index is 344. The Morgan fingerprint density at radius 3 is 2.67 bits per heavy atom. The van der Waals surface area contributed by atoms with Crippen LogP contribution in [0.2, 0.25) is 0 Å². The molecule has 0 N–H and O–H groups in total. The maximum Gasteiger partial charge on any atom is 0.282 e. The van der Waals surface area contributed by atoms with E-state index >= 15 is 0 Å². The van der Waals surface area contributed by atoms with Gasteiger partial charge in [0.15, 0.2) is 5.01 Å². The van der Waals surface area contributed by atoms with Crippen LogP contribution in [0.1, 0.15) is 9.80 Å². The summed E-state index contributed by atoms with van der Waals surface area (Å²) in [5, 5.41) is 2.31. The van der Waals surface area contributed by atoms with Gasteiger partial charge in [0.1, 0.15) is 0 Å². The Balaban J connectivity index is 1.96. The van der Waals surface area contributed by atoms with Crippen LogP contribution in [0, 0.1) is 0 Å². The summed E-state index contributed by atoms with van der Waals surface area (Å²) in [6.07, 6.45) is 2.45. The average molecular weight is 225 g/mol. The lowest BCUT2D eigenvalue weighted by Gasteiger charge is -2.31. The number of aromatic nitrogens is 1. The molecule has 1 aromatic heterocycles. The van der Waals surface area contributed by atoms with E-state index in [1.807, 2.05) is 0 Å². The molecule has 1 fully saturated rings. The summed E-state index contributed by atoms with van der Waals surface area (Å²) in [5.41, 5.74) is 0. The minimum Gasteiger partial charge on any atom is -0.342 e. The van der Waals surface area contributed by atoms with E-state index in [9.17, 15) is 9.59 Å². The summed E-state index contributed by atoms with van der Waals surface area (Å²) in [5.74, 6) is -0.0319. The number of rotatable bonds is 2. The van der Waals surface area contributed by atoms with Gasteiger partial charge < -0.3 is 9.80 Å². The fraction of sp³-hybridized carbons (Fsp3) is 0.444. The lowest BCUT2D eigenvalue weighted by Crippen LogP contribution is -2.48. The highest BCUT2D eigenvalue weighted by molar-refractivity contribution is 7.11. The Morgan fingerprint density at radius 2 is 2.13 bits per heavy atom. The standard InChI is InChI=1S/C9H11N3O2S/c13-7-11-2-4-12(5-3-11)9(14)8-10-1-6-15-8/h1,6-7H,2-5H2. The predicted molar refractivity (Wildman–Crippen MR) is 55.7 cm³/mol. The van der Waals surface area contributed by atoms with Crippen molar-refractivity contribution in [3.8, 4) is 0 Å². The van der Waals surface area contributed by atoms with E-state index < -0.39 is 0 Å². The summed E-state index contributed by atoms with van der Waals surface area (Å²) in [7, 11) is 0. The number of nitrogens with zero attached hydrogens (tertiary/aromatic N) is 3. The quantitative estimate of drug-likeness (QED) is 0.669. The van der Waals surface area contributed by atoms with Crippen LogP contribution >= 0.6 is 11.3 Å². The van der Waals surface area contributed by atoms with Crippen molar-refractivity contribution in [1.82, 2.24) is 14.8 Å². The van der Waals surface area contributed by atoms with Crippen molar-refractivity contribution in [2.24, 2.45) is 0 Å². The molecule has 6 heteroatoms. The third kappa shape index (κ3) is 2.15. The van der Waals surface area contributed by atoms with Crippen molar-refractivity contribution in [2.45, 2.75) is 0 Å². The second kappa shape index (κ2) is 4.39. The summed E-state index contributed by atoms with van der Waals surface area (Å²) in [4.78, 5) is 29.7. The maximum absolute atomic E-state index is 11.8. The van der Waals surface area contributed by atoms with E-state index in [2.05, 4.69) is 4.98 Å². The Morgan fingerprint density at radius 1 is 1.40 bits per heavy atom. The summed E-state index contributed by atoms with van der Waals surface area (Å²) in [6.45, 7) is 2.41. The molecule has 80 valence electrons. The molecular formula is C9H11N3O2S. The van der Waals surface area contributed by atoms with Crippen molar-refractivity contribution in [1.29, 1.82) is 0 Å². The molecule has 5 nitrogen and oxygen atoms in total. The molecule has 1 saturated heterocycles. The highest BCUT2D eigenvalue weighted by atomic mass is 32.1. The van der Waals surface area contributed by atoms with Gasteiger partial charge >= 0.3 is 0 Å². The van der Waals surface area contributed by atoms with E-state index in [4.69, 9.17) is 0 Å². The van der Waals surface area contributed by atoms with Gasteiger partial charge in [-0.25, -0.2) is 4.98 Å². The van der Waals surface area contributed by atoms with Gasteiger partial charge in [0, 0.05) is 37.8 Å². The van der Waals surface area contributed by atoms with Crippen LogP contribution in [0.4, 0.5) is 0 Å². The van der Waals surface area contributed by atoms with Crippen LogP contribution in [0.3, 0.4) is 0 Å². The van der Waals surface area contributed by atoms with Crippen molar-refractivity contribution in [3.05, 3.63) is 16.6 Å². The number of hydrogen-bond acceptors (Lipinski definition) is 4. The van der Waals surface area contributed by atoms with Gasteiger partial charge in [0.2, 0.25) is 6.41 Å².